The smallest absolute Gasteiger partial charge is 0.335 e. The maximum atomic E-state index is 10.9. The van der Waals surface area contributed by atoms with Gasteiger partial charge in [0.25, 0.3) is 0 Å². The summed E-state index contributed by atoms with van der Waals surface area (Å²) in [6.45, 7) is 4.05. The van der Waals surface area contributed by atoms with Crippen molar-refractivity contribution in [2.45, 2.75) is 32.7 Å². The minimum atomic E-state index is -0.874. The van der Waals surface area contributed by atoms with Gasteiger partial charge in [0.1, 0.15) is 0 Å². The quantitative estimate of drug-likeness (QED) is 0.493. The number of aliphatic hydroxyl groups excluding tert-OH is 1. The third-order valence-corrected chi connectivity index (χ3v) is 1.76. The van der Waals surface area contributed by atoms with E-state index in [1.54, 1.807) is 0 Å². The minimum absolute atomic E-state index is 0.00148. The number of carbonyl (C=O) groups excluding carboxylic acids is 1. The van der Waals surface area contributed by atoms with Gasteiger partial charge in [-0.2, -0.15) is 0 Å². The zero-order valence-electron chi connectivity index (χ0n) is 7.32. The second-order valence-corrected chi connectivity index (χ2v) is 3.22. The molecule has 1 N–H and O–H groups in total. The van der Waals surface area contributed by atoms with E-state index in [1.807, 2.05) is 13.8 Å². The number of carbonyl (C=O) groups is 1. The molecular weight excluding hydrogens is 160 g/mol. The average molecular weight is 174 g/mol. The molecule has 0 aromatic carbocycles. The first-order valence-electron chi connectivity index (χ1n) is 4.11. The van der Waals surface area contributed by atoms with Gasteiger partial charge in [0.15, 0.2) is 12.4 Å². The summed E-state index contributed by atoms with van der Waals surface area (Å²) in [5.41, 5.74) is 0. The summed E-state index contributed by atoms with van der Waals surface area (Å²) in [5.74, 6) is -0.368. The molecule has 0 aromatic rings. The molecule has 0 aliphatic carbocycles. The van der Waals surface area contributed by atoms with Crippen LogP contribution in [0.15, 0.2) is 0 Å². The van der Waals surface area contributed by atoms with Gasteiger partial charge in [-0.25, -0.2) is 4.79 Å². The fraction of sp³-hybridized carbons (Fsp3) is 0.875. The fourth-order valence-electron chi connectivity index (χ4n) is 0.926. The summed E-state index contributed by atoms with van der Waals surface area (Å²) in [6.07, 6.45) is -0.897. The highest BCUT2D eigenvalue weighted by molar-refractivity contribution is 5.76. The van der Waals surface area contributed by atoms with Gasteiger partial charge in [0.2, 0.25) is 0 Å². The van der Waals surface area contributed by atoms with Gasteiger partial charge in [0.05, 0.1) is 6.61 Å². The third-order valence-electron chi connectivity index (χ3n) is 1.76. The van der Waals surface area contributed by atoms with Gasteiger partial charge >= 0.3 is 5.97 Å². The largest absolute Gasteiger partial charge is 0.464 e. The van der Waals surface area contributed by atoms with Gasteiger partial charge in [-0.1, -0.05) is 13.8 Å². The number of esters is 1. The number of aliphatic hydroxyl groups is 1. The van der Waals surface area contributed by atoms with E-state index in [4.69, 9.17) is 4.74 Å². The molecule has 0 aromatic heterocycles. The van der Waals surface area contributed by atoms with Crippen LogP contribution in [0.1, 0.15) is 20.3 Å². The van der Waals surface area contributed by atoms with Crippen LogP contribution in [0.5, 0.6) is 0 Å². The summed E-state index contributed by atoms with van der Waals surface area (Å²) in [6, 6.07) is 0. The molecule has 2 atom stereocenters. The molecule has 12 heavy (non-hydrogen) atoms. The van der Waals surface area contributed by atoms with Crippen molar-refractivity contribution in [2.24, 2.45) is 5.92 Å². The van der Waals surface area contributed by atoms with Crippen molar-refractivity contribution in [1.29, 1.82) is 0 Å². The lowest BCUT2D eigenvalue weighted by Crippen LogP contribution is -2.28. The van der Waals surface area contributed by atoms with Gasteiger partial charge < -0.3 is 14.6 Å². The molecule has 0 saturated carbocycles. The first kappa shape index (κ1) is 9.48. The Morgan fingerprint density at radius 3 is 2.75 bits per heavy atom. The van der Waals surface area contributed by atoms with Crippen LogP contribution in [-0.2, 0) is 14.3 Å². The van der Waals surface area contributed by atoms with Crippen LogP contribution < -0.4 is 0 Å². The van der Waals surface area contributed by atoms with E-state index in [9.17, 15) is 9.90 Å². The third kappa shape index (κ3) is 2.19. The molecule has 1 rings (SSSR count). The number of cyclic esters (lactones) is 1. The summed E-state index contributed by atoms with van der Waals surface area (Å²) in [7, 11) is 0. The van der Waals surface area contributed by atoms with Gasteiger partial charge in [-0.3, -0.25) is 0 Å². The molecular formula is C8H14O4. The number of rotatable bonds is 3. The molecule has 0 spiro atoms. The van der Waals surface area contributed by atoms with Crippen LogP contribution in [0, 0.1) is 5.92 Å². The standard InChI is InChI=1S/C8H14O4/c1-5(2)7(9)12-6-3-4-11-8(6)10/h5-7,9H,3-4H2,1-2H3. The van der Waals surface area contributed by atoms with Crippen LogP contribution in [-0.4, -0.2) is 30.1 Å². The van der Waals surface area contributed by atoms with E-state index < -0.39 is 12.4 Å². The Hall–Kier alpha value is -0.610. The molecule has 0 bridgehead atoms. The molecule has 0 radical (unpaired) electrons. The van der Waals surface area contributed by atoms with E-state index in [0.717, 1.165) is 0 Å². The molecule has 1 aliphatic heterocycles. The minimum Gasteiger partial charge on any atom is -0.464 e. The van der Waals surface area contributed by atoms with Gasteiger partial charge in [-0.15, -0.1) is 0 Å². The Morgan fingerprint density at radius 1 is 1.67 bits per heavy atom. The molecule has 70 valence electrons. The summed E-state index contributed by atoms with van der Waals surface area (Å²) >= 11 is 0. The average Bonchev–Trinajstić information content (AvgIpc) is 2.36. The maximum Gasteiger partial charge on any atom is 0.335 e. The summed E-state index contributed by atoms with van der Waals surface area (Å²) in [5, 5.41) is 9.27. The summed E-state index contributed by atoms with van der Waals surface area (Å²) < 4.78 is 9.74. The number of ether oxygens (including phenoxy) is 2. The predicted octanol–water partition coefficient (Wildman–Crippen LogP) is 0.293. The lowest BCUT2D eigenvalue weighted by molar-refractivity contribution is -0.176. The van der Waals surface area contributed by atoms with Gasteiger partial charge in [0, 0.05) is 12.3 Å². The van der Waals surface area contributed by atoms with Crippen molar-refractivity contribution < 1.29 is 19.4 Å². The monoisotopic (exact) mass is 174 g/mol. The molecule has 1 heterocycles. The molecule has 4 heteroatoms. The molecule has 1 fully saturated rings. The predicted molar refractivity (Wildman–Crippen MR) is 41.3 cm³/mol. The van der Waals surface area contributed by atoms with Crippen molar-refractivity contribution in [3.8, 4) is 0 Å². The van der Waals surface area contributed by atoms with E-state index in [0.29, 0.717) is 13.0 Å². The Morgan fingerprint density at radius 2 is 2.33 bits per heavy atom. The van der Waals surface area contributed by atoms with Crippen molar-refractivity contribution in [3.63, 3.8) is 0 Å². The Balaban J connectivity index is 2.35. The SMILES string of the molecule is CC(C)C(O)OC1CCOC1=O. The maximum absolute atomic E-state index is 10.9. The van der Waals surface area contributed by atoms with Crippen molar-refractivity contribution >= 4 is 5.97 Å². The Bertz CT molecular complexity index is 166. The molecule has 4 nitrogen and oxygen atoms in total. The molecule has 1 saturated heterocycles. The van der Waals surface area contributed by atoms with E-state index in [1.165, 1.54) is 0 Å². The highest BCUT2D eigenvalue weighted by Crippen LogP contribution is 2.14. The van der Waals surface area contributed by atoms with Crippen molar-refractivity contribution in [1.82, 2.24) is 0 Å². The fourth-order valence-corrected chi connectivity index (χ4v) is 0.926. The number of hydrogen-bond donors (Lipinski definition) is 1. The lowest BCUT2D eigenvalue weighted by atomic mass is 10.2. The molecule has 0 amide bonds. The second-order valence-electron chi connectivity index (χ2n) is 3.22. The Kier molecular flexibility index (Phi) is 3.05. The normalized spacial score (nSPS) is 26.0. The van der Waals surface area contributed by atoms with E-state index in [-0.39, 0.29) is 11.9 Å². The summed E-state index contributed by atoms with van der Waals surface area (Å²) in [4.78, 5) is 10.9. The van der Waals surface area contributed by atoms with Crippen LogP contribution in [0.4, 0.5) is 0 Å². The topological polar surface area (TPSA) is 55.8 Å². The number of hydrogen-bond acceptors (Lipinski definition) is 4. The van der Waals surface area contributed by atoms with E-state index >= 15 is 0 Å². The van der Waals surface area contributed by atoms with Crippen LogP contribution in [0.2, 0.25) is 0 Å². The van der Waals surface area contributed by atoms with Crippen molar-refractivity contribution in [3.05, 3.63) is 0 Å². The second kappa shape index (κ2) is 3.87. The first-order chi connectivity index (χ1) is 5.61. The van der Waals surface area contributed by atoms with Crippen LogP contribution >= 0.6 is 0 Å². The van der Waals surface area contributed by atoms with E-state index in [2.05, 4.69) is 4.74 Å². The van der Waals surface area contributed by atoms with Crippen molar-refractivity contribution in [2.75, 3.05) is 6.61 Å². The zero-order chi connectivity index (χ0) is 9.14. The highest BCUT2D eigenvalue weighted by Gasteiger charge is 2.30. The molecule has 1 aliphatic rings. The van der Waals surface area contributed by atoms with Gasteiger partial charge in [-0.05, 0) is 0 Å². The lowest BCUT2D eigenvalue weighted by Gasteiger charge is -2.17. The van der Waals surface area contributed by atoms with Crippen LogP contribution in [0.3, 0.4) is 0 Å². The highest BCUT2D eigenvalue weighted by atomic mass is 16.6. The first-order valence-corrected chi connectivity index (χ1v) is 4.11. The molecule has 2 unspecified atom stereocenters. The zero-order valence-corrected chi connectivity index (χ0v) is 7.32. The Labute approximate surface area is 71.5 Å². The van der Waals surface area contributed by atoms with Crippen LogP contribution in [0.25, 0.3) is 0 Å².